The summed E-state index contributed by atoms with van der Waals surface area (Å²) in [5.74, 6) is 0.400. The molecule has 22 heavy (non-hydrogen) atoms. The van der Waals surface area contributed by atoms with Gasteiger partial charge in [0.1, 0.15) is 11.6 Å². The van der Waals surface area contributed by atoms with Crippen molar-refractivity contribution in [3.63, 3.8) is 0 Å². The Bertz CT molecular complexity index is 658. The quantitative estimate of drug-likeness (QED) is 0.710. The Labute approximate surface area is 131 Å². The van der Waals surface area contributed by atoms with Crippen LogP contribution >= 0.6 is 0 Å². The van der Waals surface area contributed by atoms with Crippen LogP contribution in [0.1, 0.15) is 35.4 Å². The van der Waals surface area contributed by atoms with Gasteiger partial charge in [-0.15, -0.1) is 0 Å². The van der Waals surface area contributed by atoms with E-state index in [2.05, 4.69) is 19.1 Å². The lowest BCUT2D eigenvalue weighted by Gasteiger charge is -2.12. The van der Waals surface area contributed by atoms with Crippen molar-refractivity contribution in [3.05, 3.63) is 65.0 Å². The lowest BCUT2D eigenvalue weighted by molar-refractivity contribution is 0.303. The number of aryl methyl sites for hydroxylation is 1. The molecule has 2 nitrogen and oxygen atoms in total. The minimum absolute atomic E-state index is 0.220. The van der Waals surface area contributed by atoms with Crippen LogP contribution in [0, 0.1) is 31.0 Å². The minimum Gasteiger partial charge on any atom is -0.493 e. The fraction of sp³-hybridized carbons (Fsp3) is 0.316. The summed E-state index contributed by atoms with van der Waals surface area (Å²) in [7, 11) is 0. The van der Waals surface area contributed by atoms with Gasteiger partial charge in [0, 0.05) is 0 Å². The molecular formula is C19H20FNO. The number of hydrogen-bond acceptors (Lipinski definition) is 2. The van der Waals surface area contributed by atoms with Crippen molar-refractivity contribution < 1.29 is 9.13 Å². The maximum absolute atomic E-state index is 12.9. The molecule has 0 aromatic heterocycles. The third kappa shape index (κ3) is 4.08. The lowest BCUT2D eigenvalue weighted by atomic mass is 9.96. The van der Waals surface area contributed by atoms with Gasteiger partial charge in [0.05, 0.1) is 18.6 Å². The van der Waals surface area contributed by atoms with Crippen LogP contribution in [0.3, 0.4) is 0 Å². The molecule has 0 aliphatic rings. The highest BCUT2D eigenvalue weighted by Gasteiger charge is 2.10. The molecule has 0 saturated carbocycles. The largest absolute Gasteiger partial charge is 0.493 e. The van der Waals surface area contributed by atoms with Crippen LogP contribution in [-0.4, -0.2) is 6.61 Å². The van der Waals surface area contributed by atoms with Gasteiger partial charge in [0.2, 0.25) is 0 Å². The summed E-state index contributed by atoms with van der Waals surface area (Å²) < 4.78 is 18.7. The Kier molecular flexibility index (Phi) is 5.55. The van der Waals surface area contributed by atoms with Crippen LogP contribution in [0.2, 0.25) is 0 Å². The first-order valence-corrected chi connectivity index (χ1v) is 7.46. The zero-order valence-electron chi connectivity index (χ0n) is 13.0. The number of hydrogen-bond donors (Lipinski definition) is 0. The van der Waals surface area contributed by atoms with Crippen molar-refractivity contribution >= 4 is 0 Å². The first kappa shape index (κ1) is 16.0. The minimum atomic E-state index is -0.279. The predicted molar refractivity (Wildman–Crippen MR) is 85.4 cm³/mol. The second-order valence-electron chi connectivity index (χ2n) is 5.42. The van der Waals surface area contributed by atoms with Crippen molar-refractivity contribution in [3.8, 4) is 11.8 Å². The summed E-state index contributed by atoms with van der Waals surface area (Å²) in [5, 5.41) is 9.26. The van der Waals surface area contributed by atoms with E-state index in [1.54, 1.807) is 12.1 Å². The lowest BCUT2D eigenvalue weighted by Crippen LogP contribution is -2.03. The SMILES string of the molecule is Cc1cccc(OCCCC(C#N)c2ccc(F)cc2)c1C. The molecule has 2 aromatic rings. The standard InChI is InChI=1S/C19H20FNO/c1-14-5-3-7-19(15(14)2)22-12-4-6-17(13-21)16-8-10-18(20)11-9-16/h3,5,7-11,17H,4,6,12H2,1-2H3. The maximum Gasteiger partial charge on any atom is 0.123 e. The fourth-order valence-corrected chi connectivity index (χ4v) is 2.35. The summed E-state index contributed by atoms with van der Waals surface area (Å²) in [5.41, 5.74) is 3.22. The van der Waals surface area contributed by atoms with Crippen LogP contribution in [-0.2, 0) is 0 Å². The molecule has 114 valence electrons. The summed E-state index contributed by atoms with van der Waals surface area (Å²) in [6.07, 6.45) is 1.48. The molecule has 0 heterocycles. The van der Waals surface area contributed by atoms with Crippen molar-refractivity contribution in [1.82, 2.24) is 0 Å². The Balaban J connectivity index is 1.86. The summed E-state index contributed by atoms with van der Waals surface area (Å²) in [4.78, 5) is 0. The molecule has 0 spiro atoms. The molecule has 2 aromatic carbocycles. The van der Waals surface area contributed by atoms with Crippen LogP contribution < -0.4 is 4.74 Å². The van der Waals surface area contributed by atoms with Crippen LogP contribution in [0.15, 0.2) is 42.5 Å². The van der Waals surface area contributed by atoms with Gasteiger partial charge in [-0.25, -0.2) is 4.39 Å². The van der Waals surface area contributed by atoms with Gasteiger partial charge in [-0.2, -0.15) is 5.26 Å². The Hall–Kier alpha value is -2.34. The summed E-state index contributed by atoms with van der Waals surface area (Å²) in [6, 6.07) is 14.4. The molecule has 1 atom stereocenters. The number of nitrogens with zero attached hydrogens (tertiary/aromatic N) is 1. The van der Waals surface area contributed by atoms with Crippen molar-refractivity contribution in [2.24, 2.45) is 0 Å². The van der Waals surface area contributed by atoms with Gasteiger partial charge in [-0.1, -0.05) is 24.3 Å². The van der Waals surface area contributed by atoms with Gasteiger partial charge in [-0.05, 0) is 61.6 Å². The average molecular weight is 297 g/mol. The first-order chi connectivity index (χ1) is 10.6. The molecule has 2 rings (SSSR count). The molecule has 0 saturated heterocycles. The average Bonchev–Trinajstić information content (AvgIpc) is 2.52. The van der Waals surface area contributed by atoms with Crippen LogP contribution in [0.4, 0.5) is 4.39 Å². The Morgan fingerprint density at radius 3 is 2.55 bits per heavy atom. The third-order valence-electron chi connectivity index (χ3n) is 3.88. The highest BCUT2D eigenvalue weighted by Crippen LogP contribution is 2.23. The van der Waals surface area contributed by atoms with E-state index in [1.807, 2.05) is 19.1 Å². The molecule has 0 fully saturated rings. The van der Waals surface area contributed by atoms with Gasteiger partial charge < -0.3 is 4.74 Å². The second-order valence-corrected chi connectivity index (χ2v) is 5.42. The van der Waals surface area contributed by atoms with E-state index in [0.29, 0.717) is 13.0 Å². The highest BCUT2D eigenvalue weighted by molar-refractivity contribution is 5.38. The second kappa shape index (κ2) is 7.61. The molecule has 0 aliphatic heterocycles. The number of rotatable bonds is 6. The summed E-state index contributed by atoms with van der Waals surface area (Å²) >= 11 is 0. The van der Waals surface area contributed by atoms with E-state index in [4.69, 9.17) is 4.74 Å². The number of halogens is 1. The van der Waals surface area contributed by atoms with E-state index in [0.717, 1.165) is 23.3 Å². The molecule has 0 N–H and O–H groups in total. The zero-order valence-corrected chi connectivity index (χ0v) is 13.0. The maximum atomic E-state index is 12.9. The van der Waals surface area contributed by atoms with Gasteiger partial charge >= 0.3 is 0 Å². The van der Waals surface area contributed by atoms with Crippen molar-refractivity contribution in [2.75, 3.05) is 6.61 Å². The zero-order chi connectivity index (χ0) is 15.9. The van der Waals surface area contributed by atoms with Gasteiger partial charge in [0.25, 0.3) is 0 Å². The van der Waals surface area contributed by atoms with Crippen LogP contribution in [0.5, 0.6) is 5.75 Å². The monoisotopic (exact) mass is 297 g/mol. The normalized spacial score (nSPS) is 11.7. The van der Waals surface area contributed by atoms with E-state index in [-0.39, 0.29) is 11.7 Å². The van der Waals surface area contributed by atoms with E-state index < -0.39 is 0 Å². The molecule has 0 aliphatic carbocycles. The van der Waals surface area contributed by atoms with Gasteiger partial charge in [0.15, 0.2) is 0 Å². The predicted octanol–water partition coefficient (Wildman–Crippen LogP) is 4.91. The van der Waals surface area contributed by atoms with E-state index >= 15 is 0 Å². The fourth-order valence-electron chi connectivity index (χ4n) is 2.35. The van der Waals surface area contributed by atoms with Gasteiger partial charge in [-0.3, -0.25) is 0 Å². The number of nitriles is 1. The molecule has 0 amide bonds. The van der Waals surface area contributed by atoms with E-state index in [9.17, 15) is 9.65 Å². The first-order valence-electron chi connectivity index (χ1n) is 7.46. The number of ether oxygens (including phenoxy) is 1. The molecule has 0 radical (unpaired) electrons. The molecule has 0 bridgehead atoms. The Morgan fingerprint density at radius 2 is 1.86 bits per heavy atom. The highest BCUT2D eigenvalue weighted by atomic mass is 19.1. The molecule has 1 unspecified atom stereocenters. The third-order valence-corrected chi connectivity index (χ3v) is 3.88. The number of benzene rings is 2. The van der Waals surface area contributed by atoms with Crippen molar-refractivity contribution in [1.29, 1.82) is 5.26 Å². The topological polar surface area (TPSA) is 33.0 Å². The summed E-state index contributed by atoms with van der Waals surface area (Å²) in [6.45, 7) is 4.67. The molecular weight excluding hydrogens is 277 g/mol. The van der Waals surface area contributed by atoms with E-state index in [1.165, 1.54) is 17.7 Å². The smallest absolute Gasteiger partial charge is 0.123 e. The van der Waals surface area contributed by atoms with Crippen molar-refractivity contribution in [2.45, 2.75) is 32.6 Å². The van der Waals surface area contributed by atoms with Crippen LogP contribution in [0.25, 0.3) is 0 Å². The Morgan fingerprint density at radius 1 is 1.14 bits per heavy atom. The molecule has 3 heteroatoms.